The monoisotopic (exact) mass is 338 g/mol. The average Bonchev–Trinajstić information content (AvgIpc) is 3.10. The van der Waals surface area contributed by atoms with Crippen LogP contribution in [0.1, 0.15) is 45.4 Å². The fraction of sp³-hybridized carbons (Fsp3) is 0.882. The van der Waals surface area contributed by atoms with E-state index in [2.05, 4.69) is 29.5 Å². The summed E-state index contributed by atoms with van der Waals surface area (Å²) in [6, 6.07) is 0.781. The first kappa shape index (κ1) is 18.8. The summed E-state index contributed by atoms with van der Waals surface area (Å²) in [5, 5.41) is 6.82. The minimum atomic E-state index is -0.316. The zero-order valence-electron chi connectivity index (χ0n) is 15.3. The molecule has 2 rings (SSSR count). The number of guanidine groups is 1. The van der Waals surface area contributed by atoms with Gasteiger partial charge in [-0.1, -0.05) is 12.8 Å². The van der Waals surface area contributed by atoms with Gasteiger partial charge < -0.3 is 26.2 Å². The molecular weight excluding hydrogens is 304 g/mol. The second-order valence-electron chi connectivity index (χ2n) is 6.92. The van der Waals surface area contributed by atoms with Crippen molar-refractivity contribution in [3.63, 3.8) is 0 Å². The van der Waals surface area contributed by atoms with Gasteiger partial charge in [0.05, 0.1) is 6.54 Å². The van der Waals surface area contributed by atoms with Crippen molar-refractivity contribution in [3.05, 3.63) is 0 Å². The zero-order chi connectivity index (χ0) is 17.4. The third-order valence-corrected chi connectivity index (χ3v) is 5.16. The Hall–Kier alpha value is -1.50. The minimum absolute atomic E-state index is 0.316. The van der Waals surface area contributed by atoms with Gasteiger partial charge in [0.15, 0.2) is 5.96 Å². The number of piperidine rings is 1. The van der Waals surface area contributed by atoms with Crippen LogP contribution in [0.5, 0.6) is 0 Å². The maximum Gasteiger partial charge on any atom is 0.314 e. The Morgan fingerprint density at radius 2 is 1.92 bits per heavy atom. The van der Waals surface area contributed by atoms with Crippen LogP contribution in [0.2, 0.25) is 0 Å². The summed E-state index contributed by atoms with van der Waals surface area (Å²) in [5.41, 5.74) is 5.33. The maximum atomic E-state index is 11.2. The molecule has 2 aliphatic rings. The number of likely N-dealkylation sites (tertiary alicyclic amines) is 1. The second-order valence-corrected chi connectivity index (χ2v) is 6.92. The smallest absolute Gasteiger partial charge is 0.314 e. The van der Waals surface area contributed by atoms with Crippen LogP contribution in [-0.2, 0) is 0 Å². The van der Waals surface area contributed by atoms with Crippen molar-refractivity contribution in [1.82, 2.24) is 20.4 Å². The highest BCUT2D eigenvalue weighted by atomic mass is 16.2. The van der Waals surface area contributed by atoms with E-state index >= 15 is 0 Å². The van der Waals surface area contributed by atoms with E-state index in [0.717, 1.165) is 57.6 Å². The summed E-state index contributed by atoms with van der Waals surface area (Å²) in [4.78, 5) is 20.1. The summed E-state index contributed by atoms with van der Waals surface area (Å²) in [7, 11) is 2.21. The fourth-order valence-electron chi connectivity index (χ4n) is 3.60. The third-order valence-electron chi connectivity index (χ3n) is 5.16. The van der Waals surface area contributed by atoms with E-state index in [9.17, 15) is 4.79 Å². The van der Waals surface area contributed by atoms with Crippen LogP contribution in [0, 0.1) is 0 Å². The number of nitrogens with two attached hydrogens (primary N) is 1. The molecule has 0 atom stereocenters. The van der Waals surface area contributed by atoms with Crippen molar-refractivity contribution in [1.29, 1.82) is 0 Å². The molecule has 0 aromatic heterocycles. The number of carbonyl (C=O) groups excluding carboxylic acids is 1. The number of likely N-dealkylation sites (N-methyl/N-ethyl adjacent to an activating group) is 1. The van der Waals surface area contributed by atoms with E-state index in [1.165, 1.54) is 25.7 Å². The highest BCUT2D eigenvalue weighted by Gasteiger charge is 2.22. The lowest BCUT2D eigenvalue weighted by atomic mass is 10.1. The fourth-order valence-corrected chi connectivity index (χ4v) is 3.60. The molecule has 0 unspecified atom stereocenters. The molecule has 1 saturated carbocycles. The van der Waals surface area contributed by atoms with Crippen LogP contribution in [-0.4, -0.2) is 73.6 Å². The highest BCUT2D eigenvalue weighted by molar-refractivity contribution is 5.80. The van der Waals surface area contributed by atoms with Crippen LogP contribution in [0.4, 0.5) is 4.79 Å². The molecule has 2 fully saturated rings. The van der Waals surface area contributed by atoms with E-state index in [1.807, 2.05) is 0 Å². The Morgan fingerprint density at radius 1 is 1.25 bits per heavy atom. The lowest BCUT2D eigenvalue weighted by Gasteiger charge is -2.32. The number of carbonyl (C=O) groups is 1. The topological polar surface area (TPSA) is 86.0 Å². The van der Waals surface area contributed by atoms with Crippen molar-refractivity contribution in [3.8, 4) is 0 Å². The van der Waals surface area contributed by atoms with Crippen molar-refractivity contribution in [2.75, 3.05) is 39.8 Å². The molecule has 1 saturated heterocycles. The Labute approximate surface area is 146 Å². The van der Waals surface area contributed by atoms with Gasteiger partial charge in [-0.15, -0.1) is 0 Å². The SMILES string of the molecule is CCNC(=NCCN(C)C1CCCC1)NC1CCN(C(N)=O)CC1. The number of nitrogens with one attached hydrogen (secondary N) is 2. The Balaban J connectivity index is 1.75. The number of nitrogens with zero attached hydrogens (tertiary/aromatic N) is 3. The van der Waals surface area contributed by atoms with E-state index in [-0.39, 0.29) is 6.03 Å². The summed E-state index contributed by atoms with van der Waals surface area (Å²) in [5.74, 6) is 0.884. The lowest BCUT2D eigenvalue weighted by Crippen LogP contribution is -2.50. The largest absolute Gasteiger partial charge is 0.357 e. The van der Waals surface area contributed by atoms with Gasteiger partial charge in [0, 0.05) is 38.3 Å². The molecule has 0 aromatic carbocycles. The minimum Gasteiger partial charge on any atom is -0.357 e. The van der Waals surface area contributed by atoms with Gasteiger partial charge in [-0.25, -0.2) is 4.79 Å². The third kappa shape index (κ3) is 5.85. The number of urea groups is 1. The molecule has 1 aliphatic carbocycles. The van der Waals surface area contributed by atoms with Gasteiger partial charge in [-0.05, 0) is 39.7 Å². The van der Waals surface area contributed by atoms with Crippen LogP contribution in [0.25, 0.3) is 0 Å². The van der Waals surface area contributed by atoms with Crippen LogP contribution in [0.3, 0.4) is 0 Å². The highest BCUT2D eigenvalue weighted by Crippen LogP contribution is 2.21. The first-order valence-electron chi connectivity index (χ1n) is 9.39. The number of primary amides is 1. The molecular formula is C17H34N6O. The molecule has 24 heavy (non-hydrogen) atoms. The van der Waals surface area contributed by atoms with Crippen molar-refractivity contribution >= 4 is 12.0 Å². The predicted molar refractivity (Wildman–Crippen MR) is 98.2 cm³/mol. The molecule has 0 aromatic rings. The Morgan fingerprint density at radius 3 is 2.50 bits per heavy atom. The molecule has 4 N–H and O–H groups in total. The van der Waals surface area contributed by atoms with Crippen LogP contribution >= 0.6 is 0 Å². The normalized spacial score (nSPS) is 20.6. The molecule has 1 heterocycles. The molecule has 7 heteroatoms. The quantitative estimate of drug-likeness (QED) is 0.497. The number of rotatable bonds is 6. The van der Waals surface area contributed by atoms with Crippen LogP contribution in [0.15, 0.2) is 4.99 Å². The number of aliphatic imine (C=N–C) groups is 1. The maximum absolute atomic E-state index is 11.2. The van der Waals surface area contributed by atoms with E-state index in [1.54, 1.807) is 4.90 Å². The predicted octanol–water partition coefficient (Wildman–Crippen LogP) is 0.959. The van der Waals surface area contributed by atoms with E-state index in [0.29, 0.717) is 6.04 Å². The van der Waals surface area contributed by atoms with Gasteiger partial charge in [-0.2, -0.15) is 0 Å². The lowest BCUT2D eigenvalue weighted by molar-refractivity contribution is 0.188. The van der Waals surface area contributed by atoms with Gasteiger partial charge >= 0.3 is 6.03 Å². The van der Waals surface area contributed by atoms with Gasteiger partial charge in [-0.3, -0.25) is 4.99 Å². The molecule has 0 spiro atoms. The molecule has 2 amide bonds. The summed E-state index contributed by atoms with van der Waals surface area (Å²) < 4.78 is 0. The van der Waals surface area contributed by atoms with Crippen LogP contribution < -0.4 is 16.4 Å². The standard InChI is InChI=1S/C17H34N6O/c1-3-19-17(20-10-13-22(2)15-6-4-5-7-15)21-14-8-11-23(12-9-14)16(18)24/h14-15H,3-13H2,1-2H3,(H2,18,24)(H2,19,20,21). The molecule has 7 nitrogen and oxygen atoms in total. The molecule has 0 radical (unpaired) electrons. The van der Waals surface area contributed by atoms with Crippen molar-refractivity contribution < 1.29 is 4.79 Å². The Kier molecular flexibility index (Phi) is 7.62. The van der Waals surface area contributed by atoms with E-state index in [4.69, 9.17) is 10.7 Å². The second kappa shape index (κ2) is 9.71. The Bertz CT molecular complexity index is 413. The summed E-state index contributed by atoms with van der Waals surface area (Å²) in [6.07, 6.45) is 7.22. The number of hydrogen-bond acceptors (Lipinski definition) is 3. The first-order valence-corrected chi connectivity index (χ1v) is 9.39. The van der Waals surface area contributed by atoms with Crippen molar-refractivity contribution in [2.24, 2.45) is 10.7 Å². The first-order chi connectivity index (χ1) is 11.6. The van der Waals surface area contributed by atoms with Gasteiger partial charge in [0.1, 0.15) is 0 Å². The van der Waals surface area contributed by atoms with E-state index < -0.39 is 0 Å². The summed E-state index contributed by atoms with van der Waals surface area (Å²) in [6.45, 7) is 6.18. The van der Waals surface area contributed by atoms with Crippen molar-refractivity contribution in [2.45, 2.75) is 57.5 Å². The zero-order valence-corrected chi connectivity index (χ0v) is 15.3. The number of amides is 2. The average molecular weight is 339 g/mol. The van der Waals surface area contributed by atoms with Gasteiger partial charge in [0.25, 0.3) is 0 Å². The summed E-state index contributed by atoms with van der Waals surface area (Å²) >= 11 is 0. The van der Waals surface area contributed by atoms with Gasteiger partial charge in [0.2, 0.25) is 0 Å². The number of hydrogen-bond donors (Lipinski definition) is 3. The molecule has 0 bridgehead atoms. The molecule has 1 aliphatic heterocycles. The molecule has 138 valence electrons.